The summed E-state index contributed by atoms with van der Waals surface area (Å²) in [5.41, 5.74) is 2.34. The van der Waals surface area contributed by atoms with Gasteiger partial charge in [-0.2, -0.15) is 0 Å². The van der Waals surface area contributed by atoms with Gasteiger partial charge in [0, 0.05) is 14.1 Å². The Bertz CT molecular complexity index is 1420. The number of aromatic amines is 1. The molecule has 0 saturated heterocycles. The summed E-state index contributed by atoms with van der Waals surface area (Å²) in [4.78, 5) is 41.2. The minimum Gasteiger partial charge on any atom is -0.465 e. The van der Waals surface area contributed by atoms with Crippen molar-refractivity contribution >= 4 is 68.8 Å². The highest BCUT2D eigenvalue weighted by Crippen LogP contribution is 2.28. The zero-order valence-electron chi connectivity index (χ0n) is 17.3. The molecular formula is C20H17Cl3N4O5. The highest BCUT2D eigenvalue weighted by molar-refractivity contribution is 6.36. The Kier molecular flexibility index (Phi) is 6.82. The second-order valence-electron chi connectivity index (χ2n) is 6.52. The molecule has 2 aromatic carbocycles. The molecule has 0 saturated carbocycles. The number of hydrogen-bond acceptors (Lipinski definition) is 6. The van der Waals surface area contributed by atoms with E-state index in [-0.39, 0.29) is 11.0 Å². The predicted octanol–water partition coefficient (Wildman–Crippen LogP) is 3.97. The molecule has 0 bridgehead atoms. The van der Waals surface area contributed by atoms with E-state index in [1.165, 1.54) is 24.9 Å². The summed E-state index contributed by atoms with van der Waals surface area (Å²) in [5.74, 6) is -0.947. The maximum Gasteiger partial charge on any atom is 0.340 e. The van der Waals surface area contributed by atoms with Crippen molar-refractivity contribution in [2.75, 3.05) is 14.2 Å². The van der Waals surface area contributed by atoms with E-state index in [1.807, 2.05) is 0 Å². The lowest BCUT2D eigenvalue weighted by Gasteiger charge is -2.04. The van der Waals surface area contributed by atoms with Crippen molar-refractivity contribution in [2.24, 2.45) is 14.1 Å². The first-order valence-corrected chi connectivity index (χ1v) is 10.1. The number of aromatic nitrogens is 4. The average molecular weight is 500 g/mol. The summed E-state index contributed by atoms with van der Waals surface area (Å²) in [6, 6.07) is 6.27. The minimum atomic E-state index is -0.503. The fourth-order valence-electron chi connectivity index (χ4n) is 3.14. The van der Waals surface area contributed by atoms with Crippen LogP contribution in [0.1, 0.15) is 20.7 Å². The topological polar surface area (TPSA) is 108 Å². The van der Waals surface area contributed by atoms with E-state index in [1.54, 1.807) is 36.9 Å². The SMILES string of the molecule is COC(=O)c1ccc(Cl)c2[nH]c(=O)n(C)c12.COC(=O)c1ccc(Cl)c2nc(Cl)n(C)c12. The number of H-pyrrole nitrogens is 1. The van der Waals surface area contributed by atoms with E-state index in [4.69, 9.17) is 34.8 Å². The molecule has 1 N–H and O–H groups in total. The lowest BCUT2D eigenvalue weighted by atomic mass is 10.2. The number of benzene rings is 2. The van der Waals surface area contributed by atoms with Crippen LogP contribution in [0.2, 0.25) is 15.3 Å². The molecule has 0 radical (unpaired) electrons. The van der Waals surface area contributed by atoms with Gasteiger partial charge in [-0.3, -0.25) is 4.57 Å². The van der Waals surface area contributed by atoms with Crippen LogP contribution in [0.15, 0.2) is 29.1 Å². The normalized spacial score (nSPS) is 10.7. The van der Waals surface area contributed by atoms with Crippen molar-refractivity contribution in [3.05, 3.63) is 61.2 Å². The molecule has 0 unspecified atom stereocenters. The molecule has 0 amide bonds. The number of nitrogens with one attached hydrogen (secondary N) is 1. The first-order chi connectivity index (χ1) is 15.1. The molecular weight excluding hydrogens is 483 g/mol. The second kappa shape index (κ2) is 9.23. The van der Waals surface area contributed by atoms with Gasteiger partial charge in [-0.1, -0.05) is 23.2 Å². The lowest BCUT2D eigenvalue weighted by Crippen LogP contribution is -2.13. The highest BCUT2D eigenvalue weighted by atomic mass is 35.5. The van der Waals surface area contributed by atoms with Gasteiger partial charge in [0.1, 0.15) is 5.52 Å². The van der Waals surface area contributed by atoms with Crippen molar-refractivity contribution < 1.29 is 19.1 Å². The van der Waals surface area contributed by atoms with Crippen molar-refractivity contribution in [2.45, 2.75) is 0 Å². The number of carbonyl (C=O) groups excluding carboxylic acids is 2. The number of ether oxygens (including phenoxy) is 2. The largest absolute Gasteiger partial charge is 0.465 e. The quantitative estimate of drug-likeness (QED) is 0.418. The van der Waals surface area contributed by atoms with E-state index < -0.39 is 11.9 Å². The summed E-state index contributed by atoms with van der Waals surface area (Å²) in [5, 5.41) is 1.11. The molecule has 168 valence electrons. The number of halogens is 3. The van der Waals surface area contributed by atoms with Crippen LogP contribution in [0.5, 0.6) is 0 Å². The van der Waals surface area contributed by atoms with E-state index in [0.717, 1.165) is 0 Å². The number of methoxy groups -OCH3 is 2. The summed E-state index contributed by atoms with van der Waals surface area (Å²) < 4.78 is 12.2. The van der Waals surface area contributed by atoms with Crippen molar-refractivity contribution in [3.8, 4) is 0 Å². The molecule has 0 spiro atoms. The van der Waals surface area contributed by atoms with Crippen LogP contribution in [-0.4, -0.2) is 45.3 Å². The van der Waals surface area contributed by atoms with Crippen LogP contribution >= 0.6 is 34.8 Å². The van der Waals surface area contributed by atoms with Crippen LogP contribution in [-0.2, 0) is 23.6 Å². The summed E-state index contributed by atoms with van der Waals surface area (Å²) >= 11 is 17.8. The molecule has 4 rings (SSSR count). The van der Waals surface area contributed by atoms with Gasteiger partial charge in [0.15, 0.2) is 0 Å². The zero-order chi connectivity index (χ0) is 23.7. The van der Waals surface area contributed by atoms with Crippen molar-refractivity contribution in [1.29, 1.82) is 0 Å². The number of fused-ring (bicyclic) bond motifs is 2. The minimum absolute atomic E-state index is 0.272. The van der Waals surface area contributed by atoms with E-state index >= 15 is 0 Å². The predicted molar refractivity (Wildman–Crippen MR) is 122 cm³/mol. The van der Waals surface area contributed by atoms with Crippen LogP contribution in [0.25, 0.3) is 22.1 Å². The Morgan fingerprint density at radius 2 is 1.41 bits per heavy atom. The third kappa shape index (κ3) is 4.06. The molecule has 2 aromatic heterocycles. The number of nitrogens with zero attached hydrogens (tertiary/aromatic N) is 3. The van der Waals surface area contributed by atoms with Gasteiger partial charge in [0.05, 0.1) is 51.9 Å². The number of aryl methyl sites for hydroxylation is 2. The molecule has 12 heteroatoms. The standard InChI is InChI=1S/C10H8Cl2N2O2.C10H9ClN2O3/c1-14-8-5(9(15)16-2)3-4-6(11)7(8)13-10(14)12;1-13-8-5(9(14)16-2)3-4-6(11)7(8)12-10(13)15/h3-4H,1-2H3;3-4H,1-2H3,(H,12,15). The van der Waals surface area contributed by atoms with Crippen LogP contribution in [0, 0.1) is 0 Å². The molecule has 0 aliphatic heterocycles. The molecule has 4 aromatic rings. The number of carbonyl (C=O) groups is 2. The van der Waals surface area contributed by atoms with Gasteiger partial charge in [-0.25, -0.2) is 19.4 Å². The van der Waals surface area contributed by atoms with E-state index in [2.05, 4.69) is 19.4 Å². The molecule has 32 heavy (non-hydrogen) atoms. The Labute approximate surface area is 196 Å². The van der Waals surface area contributed by atoms with E-state index in [9.17, 15) is 14.4 Å². The Hall–Kier alpha value is -3.01. The molecule has 2 heterocycles. The van der Waals surface area contributed by atoms with Gasteiger partial charge in [0.2, 0.25) is 5.28 Å². The monoisotopic (exact) mass is 498 g/mol. The summed E-state index contributed by atoms with van der Waals surface area (Å²) in [7, 11) is 5.87. The zero-order valence-corrected chi connectivity index (χ0v) is 19.6. The molecule has 0 atom stereocenters. The molecule has 0 aliphatic carbocycles. The lowest BCUT2D eigenvalue weighted by molar-refractivity contribution is 0.0593. The van der Waals surface area contributed by atoms with Gasteiger partial charge < -0.3 is 19.0 Å². The second-order valence-corrected chi connectivity index (χ2v) is 7.68. The van der Waals surface area contributed by atoms with Crippen molar-refractivity contribution in [1.82, 2.24) is 19.1 Å². The average Bonchev–Trinajstić information content (AvgIpc) is 3.25. The molecule has 9 nitrogen and oxygen atoms in total. The fourth-order valence-corrected chi connectivity index (χ4v) is 3.70. The van der Waals surface area contributed by atoms with Gasteiger partial charge >= 0.3 is 17.6 Å². The third-order valence-electron chi connectivity index (χ3n) is 4.73. The third-order valence-corrected chi connectivity index (χ3v) is 5.69. The summed E-state index contributed by atoms with van der Waals surface area (Å²) in [6.45, 7) is 0. The van der Waals surface area contributed by atoms with E-state index in [0.29, 0.717) is 43.2 Å². The van der Waals surface area contributed by atoms with Crippen LogP contribution in [0.4, 0.5) is 0 Å². The number of imidazole rings is 2. The first-order valence-electron chi connectivity index (χ1n) is 8.96. The van der Waals surface area contributed by atoms with Crippen LogP contribution < -0.4 is 5.69 Å². The van der Waals surface area contributed by atoms with Crippen LogP contribution in [0.3, 0.4) is 0 Å². The van der Waals surface area contributed by atoms with Gasteiger partial charge in [0.25, 0.3) is 0 Å². The number of hydrogen-bond donors (Lipinski definition) is 1. The number of esters is 2. The van der Waals surface area contributed by atoms with Gasteiger partial charge in [-0.05, 0) is 35.9 Å². The Morgan fingerprint density at radius 1 is 0.875 bits per heavy atom. The highest BCUT2D eigenvalue weighted by Gasteiger charge is 2.18. The maximum atomic E-state index is 11.6. The number of rotatable bonds is 2. The van der Waals surface area contributed by atoms with Gasteiger partial charge in [-0.15, -0.1) is 0 Å². The molecule has 0 aliphatic rings. The Balaban J connectivity index is 0.000000181. The fraction of sp³-hybridized carbons (Fsp3) is 0.200. The van der Waals surface area contributed by atoms with Crippen molar-refractivity contribution in [3.63, 3.8) is 0 Å². The first kappa shape index (κ1) is 23.6. The summed E-state index contributed by atoms with van der Waals surface area (Å²) in [6.07, 6.45) is 0. The smallest absolute Gasteiger partial charge is 0.340 e. The molecule has 0 fully saturated rings. The Morgan fingerprint density at radius 3 is 1.97 bits per heavy atom. The maximum absolute atomic E-state index is 11.6.